The summed E-state index contributed by atoms with van der Waals surface area (Å²) < 4.78 is 0. The fourth-order valence-electron chi connectivity index (χ4n) is 6.32. The highest BCUT2D eigenvalue weighted by molar-refractivity contribution is 6.18. The monoisotopic (exact) mass is 440 g/mol. The molecular weight excluding hydrogens is 408 g/mol. The Morgan fingerprint density at radius 3 is 1.97 bits per heavy atom. The highest BCUT2D eigenvalue weighted by Crippen LogP contribution is 2.55. The summed E-state index contributed by atoms with van der Waals surface area (Å²) in [7, 11) is 0. The Labute approximate surface area is 203 Å². The molecule has 0 bridgehead atoms. The number of rotatable bonds is 3. The van der Waals surface area contributed by atoms with Gasteiger partial charge < -0.3 is 0 Å². The first-order valence-electron chi connectivity index (χ1n) is 12.6. The molecule has 0 saturated heterocycles. The Kier molecular flexibility index (Phi) is 4.71. The zero-order valence-electron chi connectivity index (χ0n) is 20.9. The van der Waals surface area contributed by atoms with E-state index in [-0.39, 0.29) is 5.41 Å². The van der Waals surface area contributed by atoms with Crippen LogP contribution in [0.3, 0.4) is 0 Å². The van der Waals surface area contributed by atoms with Gasteiger partial charge in [0.15, 0.2) is 0 Å². The molecule has 0 saturated carbocycles. The Morgan fingerprint density at radius 2 is 1.26 bits per heavy atom. The first-order chi connectivity index (χ1) is 16.4. The van der Waals surface area contributed by atoms with Gasteiger partial charge in [0.05, 0.1) is 0 Å². The molecule has 0 fully saturated rings. The topological polar surface area (TPSA) is 0 Å². The molecule has 34 heavy (non-hydrogen) atoms. The van der Waals surface area contributed by atoms with Crippen molar-refractivity contribution in [2.24, 2.45) is 0 Å². The van der Waals surface area contributed by atoms with Crippen LogP contribution in [0.1, 0.15) is 62.3 Å². The molecule has 5 aromatic carbocycles. The summed E-state index contributed by atoms with van der Waals surface area (Å²) in [4.78, 5) is 0. The average Bonchev–Trinajstić information content (AvgIpc) is 3.09. The lowest BCUT2D eigenvalue weighted by Gasteiger charge is -2.25. The van der Waals surface area contributed by atoms with Crippen molar-refractivity contribution < 1.29 is 0 Å². The van der Waals surface area contributed by atoms with Crippen LogP contribution < -0.4 is 0 Å². The third-order valence-corrected chi connectivity index (χ3v) is 8.26. The van der Waals surface area contributed by atoms with Gasteiger partial charge >= 0.3 is 0 Å². The minimum atomic E-state index is -0.0674. The Morgan fingerprint density at radius 1 is 0.676 bits per heavy atom. The van der Waals surface area contributed by atoms with E-state index in [4.69, 9.17) is 0 Å². The van der Waals surface area contributed by atoms with Gasteiger partial charge in [-0.25, -0.2) is 0 Å². The lowest BCUT2D eigenvalue weighted by molar-refractivity contribution is 0.666. The third kappa shape index (κ3) is 2.84. The molecule has 0 spiro atoms. The van der Waals surface area contributed by atoms with E-state index in [1.165, 1.54) is 66.1 Å². The maximum atomic E-state index is 2.51. The van der Waals surface area contributed by atoms with Crippen LogP contribution in [0.2, 0.25) is 0 Å². The van der Waals surface area contributed by atoms with Crippen molar-refractivity contribution in [3.8, 4) is 22.3 Å². The summed E-state index contributed by atoms with van der Waals surface area (Å²) in [5, 5.41) is 5.47. The summed E-state index contributed by atoms with van der Waals surface area (Å²) >= 11 is 0. The molecule has 0 heteroatoms. The first kappa shape index (κ1) is 21.2. The van der Waals surface area contributed by atoms with E-state index in [1.54, 1.807) is 0 Å². The minimum absolute atomic E-state index is 0.0674. The largest absolute Gasteiger partial charge is 0.0648 e. The number of benzene rings is 5. The summed E-state index contributed by atoms with van der Waals surface area (Å²) in [6.07, 6.45) is 1.15. The molecule has 0 aliphatic heterocycles. The van der Waals surface area contributed by atoms with Crippen molar-refractivity contribution >= 4 is 21.5 Å². The second-order valence-electron chi connectivity index (χ2n) is 10.6. The van der Waals surface area contributed by atoms with E-state index in [0.29, 0.717) is 5.92 Å². The first-order valence-corrected chi connectivity index (χ1v) is 12.6. The molecule has 0 amide bonds. The lowest BCUT2D eigenvalue weighted by Crippen LogP contribution is -2.16. The number of hydrogen-bond acceptors (Lipinski definition) is 0. The van der Waals surface area contributed by atoms with Crippen LogP contribution in [0.5, 0.6) is 0 Å². The van der Waals surface area contributed by atoms with Crippen molar-refractivity contribution in [3.63, 3.8) is 0 Å². The van der Waals surface area contributed by atoms with Gasteiger partial charge in [-0.05, 0) is 91.4 Å². The Balaban J connectivity index is 1.70. The van der Waals surface area contributed by atoms with Crippen LogP contribution in [0, 0.1) is 6.92 Å². The van der Waals surface area contributed by atoms with Gasteiger partial charge in [0, 0.05) is 5.41 Å². The van der Waals surface area contributed by atoms with Crippen LogP contribution in [-0.2, 0) is 5.41 Å². The molecule has 0 unspecified atom stereocenters. The predicted molar refractivity (Wildman–Crippen MR) is 148 cm³/mol. The lowest BCUT2D eigenvalue weighted by atomic mass is 9.78. The van der Waals surface area contributed by atoms with Crippen LogP contribution in [0.4, 0.5) is 0 Å². The average molecular weight is 441 g/mol. The van der Waals surface area contributed by atoms with Crippen LogP contribution in [-0.4, -0.2) is 0 Å². The number of fused-ring (bicyclic) bond motifs is 8. The summed E-state index contributed by atoms with van der Waals surface area (Å²) in [6.45, 7) is 11.8. The third-order valence-electron chi connectivity index (χ3n) is 8.26. The fraction of sp³-hybridized carbons (Fsp3) is 0.235. The molecule has 0 nitrogen and oxygen atoms in total. The second kappa shape index (κ2) is 7.57. The van der Waals surface area contributed by atoms with Crippen LogP contribution >= 0.6 is 0 Å². The van der Waals surface area contributed by atoms with Crippen molar-refractivity contribution in [2.75, 3.05) is 0 Å². The fourth-order valence-corrected chi connectivity index (χ4v) is 6.32. The van der Waals surface area contributed by atoms with E-state index < -0.39 is 0 Å². The van der Waals surface area contributed by atoms with E-state index >= 15 is 0 Å². The second-order valence-corrected chi connectivity index (χ2v) is 10.6. The van der Waals surface area contributed by atoms with Gasteiger partial charge in [-0.15, -0.1) is 0 Å². The molecule has 0 radical (unpaired) electrons. The van der Waals surface area contributed by atoms with Gasteiger partial charge in [-0.3, -0.25) is 0 Å². The smallest absolute Gasteiger partial charge is 0.0165 e. The van der Waals surface area contributed by atoms with E-state index in [2.05, 4.69) is 120 Å². The quantitative estimate of drug-likeness (QED) is 0.245. The molecule has 5 aromatic rings. The summed E-state index contributed by atoms with van der Waals surface area (Å²) in [5.74, 6) is 0.543. The maximum Gasteiger partial charge on any atom is 0.0165 e. The number of hydrogen-bond donors (Lipinski definition) is 0. The SMILES string of the molecule is CC[C@@H](C)c1ccccc1-c1cc2c(cc1C)-c1c(c3ccccc3c3ccccc13)C2(C)C. The molecule has 168 valence electrons. The highest BCUT2D eigenvalue weighted by atomic mass is 14.4. The van der Waals surface area contributed by atoms with Crippen LogP contribution in [0.25, 0.3) is 43.8 Å². The molecular formula is C34H32. The Bertz CT molecular complexity index is 1580. The highest BCUT2D eigenvalue weighted by Gasteiger charge is 2.39. The Hall–Kier alpha value is -3.38. The zero-order chi connectivity index (χ0) is 23.6. The standard InChI is InChI=1S/C34H32/c1-6-21(2)23-13-7-8-14-24(23)29-20-31-30(19-22(29)3)32-27-17-11-9-15-25(27)26-16-10-12-18-28(26)33(32)34(31,4)5/h7-21H,6H2,1-5H3/t21-/m1/s1. The van der Waals surface area contributed by atoms with Crippen LogP contribution in [0.15, 0.2) is 84.9 Å². The van der Waals surface area contributed by atoms with Crippen molar-refractivity contribution in [1.29, 1.82) is 0 Å². The molecule has 0 N–H and O–H groups in total. The normalized spacial score (nSPS) is 14.9. The molecule has 6 rings (SSSR count). The van der Waals surface area contributed by atoms with E-state index in [0.717, 1.165) is 6.42 Å². The zero-order valence-corrected chi connectivity index (χ0v) is 20.9. The van der Waals surface area contributed by atoms with Crippen molar-refractivity contribution in [2.45, 2.75) is 52.4 Å². The number of aryl methyl sites for hydroxylation is 1. The van der Waals surface area contributed by atoms with Crippen molar-refractivity contribution in [1.82, 2.24) is 0 Å². The summed E-state index contributed by atoms with van der Waals surface area (Å²) in [5.41, 5.74) is 11.3. The van der Waals surface area contributed by atoms with Gasteiger partial charge in [0.25, 0.3) is 0 Å². The van der Waals surface area contributed by atoms with Gasteiger partial charge in [0.1, 0.15) is 0 Å². The van der Waals surface area contributed by atoms with E-state index in [9.17, 15) is 0 Å². The van der Waals surface area contributed by atoms with E-state index in [1.807, 2.05) is 0 Å². The summed E-state index contributed by atoms with van der Waals surface area (Å²) in [6, 6.07) is 31.9. The maximum absolute atomic E-state index is 2.51. The molecule has 1 aliphatic carbocycles. The molecule has 0 heterocycles. The molecule has 1 aliphatic rings. The van der Waals surface area contributed by atoms with Gasteiger partial charge in [-0.2, -0.15) is 0 Å². The van der Waals surface area contributed by atoms with Gasteiger partial charge in [0.2, 0.25) is 0 Å². The minimum Gasteiger partial charge on any atom is -0.0648 e. The molecule has 1 atom stereocenters. The van der Waals surface area contributed by atoms with Crippen molar-refractivity contribution in [3.05, 3.63) is 107 Å². The predicted octanol–water partition coefficient (Wildman–Crippen LogP) is 9.79. The van der Waals surface area contributed by atoms with Gasteiger partial charge in [-0.1, -0.05) is 107 Å². The molecule has 0 aromatic heterocycles.